The highest BCUT2D eigenvalue weighted by Gasteiger charge is 2.34. The maximum atomic E-state index is 11.4. The Labute approximate surface area is 100 Å². The van der Waals surface area contributed by atoms with E-state index >= 15 is 0 Å². The smallest absolute Gasteiger partial charge is 0.313 e. The van der Waals surface area contributed by atoms with Crippen molar-refractivity contribution >= 4 is 16.9 Å². The molecule has 1 heterocycles. The molecule has 1 aromatic heterocycles. The highest BCUT2D eigenvalue weighted by Crippen LogP contribution is 2.34. The molecule has 0 bridgehead atoms. The monoisotopic (exact) mass is 231 g/mol. The summed E-state index contributed by atoms with van der Waals surface area (Å²) in [5, 5.41) is 10.4. The highest BCUT2D eigenvalue weighted by molar-refractivity contribution is 5.92. The minimum atomic E-state index is -0.870. The van der Waals surface area contributed by atoms with E-state index in [1.807, 2.05) is 31.2 Å². The number of fused-ring (bicyclic) bond motifs is 1. The number of H-pyrrole nitrogens is 1. The molecule has 0 amide bonds. The molecule has 3 heteroatoms. The Morgan fingerprint density at radius 3 is 2.59 bits per heavy atom. The van der Waals surface area contributed by atoms with Crippen molar-refractivity contribution in [3.05, 3.63) is 35.5 Å². The van der Waals surface area contributed by atoms with Crippen LogP contribution in [-0.2, 0) is 16.6 Å². The van der Waals surface area contributed by atoms with Gasteiger partial charge in [-0.3, -0.25) is 4.79 Å². The molecule has 90 valence electrons. The van der Waals surface area contributed by atoms with Crippen molar-refractivity contribution in [3.63, 3.8) is 0 Å². The fourth-order valence-electron chi connectivity index (χ4n) is 2.28. The number of aliphatic carboxylic acids is 1. The second kappa shape index (κ2) is 3.91. The lowest BCUT2D eigenvalue weighted by atomic mass is 9.82. The molecule has 0 aliphatic carbocycles. The average Bonchev–Trinajstić information content (AvgIpc) is 2.67. The molecule has 0 spiro atoms. The Balaban J connectivity index is 2.78. The second-order valence-corrected chi connectivity index (χ2v) is 4.81. The first kappa shape index (κ1) is 11.7. The lowest BCUT2D eigenvalue weighted by molar-refractivity contribution is -0.142. The second-order valence-electron chi connectivity index (χ2n) is 4.81. The van der Waals surface area contributed by atoms with Crippen LogP contribution >= 0.6 is 0 Å². The van der Waals surface area contributed by atoms with E-state index in [0.29, 0.717) is 0 Å². The van der Waals surface area contributed by atoms with Crippen molar-refractivity contribution in [2.45, 2.75) is 32.6 Å². The first-order chi connectivity index (χ1) is 7.98. The Kier molecular flexibility index (Phi) is 2.69. The lowest BCUT2D eigenvalue weighted by Gasteiger charge is -2.20. The van der Waals surface area contributed by atoms with Gasteiger partial charge in [0.1, 0.15) is 0 Å². The van der Waals surface area contributed by atoms with Gasteiger partial charge in [-0.25, -0.2) is 0 Å². The zero-order valence-corrected chi connectivity index (χ0v) is 10.4. The molecule has 2 N–H and O–H groups in total. The summed E-state index contributed by atoms with van der Waals surface area (Å²) in [6, 6.07) is 7.85. The Morgan fingerprint density at radius 2 is 2.00 bits per heavy atom. The van der Waals surface area contributed by atoms with Crippen LogP contribution in [0.15, 0.2) is 24.3 Å². The van der Waals surface area contributed by atoms with Crippen LogP contribution in [0.1, 0.15) is 32.0 Å². The lowest BCUT2D eigenvalue weighted by Crippen LogP contribution is -2.29. The van der Waals surface area contributed by atoms with Crippen LogP contribution in [0, 0.1) is 0 Å². The van der Waals surface area contributed by atoms with Gasteiger partial charge in [-0.2, -0.15) is 0 Å². The minimum absolute atomic E-state index is 0.794. The minimum Gasteiger partial charge on any atom is -0.481 e. The van der Waals surface area contributed by atoms with Crippen LogP contribution in [0.2, 0.25) is 0 Å². The molecule has 0 atom stereocenters. The number of rotatable bonds is 3. The molecular weight excluding hydrogens is 214 g/mol. The third kappa shape index (κ3) is 1.71. The molecule has 3 nitrogen and oxygen atoms in total. The number of carboxylic acids is 1. The summed E-state index contributed by atoms with van der Waals surface area (Å²) in [7, 11) is 0. The number of hydrogen-bond acceptors (Lipinski definition) is 1. The van der Waals surface area contributed by atoms with Gasteiger partial charge in [0.25, 0.3) is 0 Å². The van der Waals surface area contributed by atoms with Gasteiger partial charge < -0.3 is 10.1 Å². The number of carbonyl (C=O) groups is 1. The van der Waals surface area contributed by atoms with Crippen molar-refractivity contribution in [1.29, 1.82) is 0 Å². The Hall–Kier alpha value is -1.77. The number of hydrogen-bond donors (Lipinski definition) is 2. The van der Waals surface area contributed by atoms with Gasteiger partial charge in [0.15, 0.2) is 0 Å². The maximum Gasteiger partial charge on any atom is 0.313 e. The zero-order valence-electron chi connectivity index (χ0n) is 10.4. The summed E-state index contributed by atoms with van der Waals surface area (Å²) >= 11 is 0. The van der Waals surface area contributed by atoms with Crippen molar-refractivity contribution in [2.24, 2.45) is 0 Å². The van der Waals surface area contributed by atoms with E-state index in [-0.39, 0.29) is 0 Å². The first-order valence-corrected chi connectivity index (χ1v) is 5.82. The Morgan fingerprint density at radius 1 is 1.35 bits per heavy atom. The van der Waals surface area contributed by atoms with Crippen molar-refractivity contribution in [3.8, 4) is 0 Å². The maximum absolute atomic E-state index is 11.4. The van der Waals surface area contributed by atoms with Gasteiger partial charge in [0, 0.05) is 16.6 Å². The largest absolute Gasteiger partial charge is 0.481 e. The Bertz CT molecular complexity index is 567. The van der Waals surface area contributed by atoms with Crippen molar-refractivity contribution in [2.75, 3.05) is 0 Å². The molecule has 0 radical (unpaired) electrons. The summed E-state index contributed by atoms with van der Waals surface area (Å²) in [5.74, 6) is -0.794. The van der Waals surface area contributed by atoms with Gasteiger partial charge in [-0.05, 0) is 31.9 Å². The number of para-hydroxylation sites is 1. The third-order valence-electron chi connectivity index (χ3n) is 3.30. The molecule has 0 unspecified atom stereocenters. The van der Waals surface area contributed by atoms with Gasteiger partial charge in [0.2, 0.25) is 0 Å². The van der Waals surface area contributed by atoms with E-state index < -0.39 is 11.4 Å². The standard InChI is InChI=1S/C14H17NO2/c1-4-10-12(14(2,3)13(16)17)9-7-5-6-8-11(9)15-10/h5-8,15H,4H2,1-3H3,(H,16,17). The van der Waals surface area contributed by atoms with Crippen LogP contribution in [0.25, 0.3) is 10.9 Å². The van der Waals surface area contributed by atoms with Crippen LogP contribution in [0.5, 0.6) is 0 Å². The molecule has 17 heavy (non-hydrogen) atoms. The fourth-order valence-corrected chi connectivity index (χ4v) is 2.28. The first-order valence-electron chi connectivity index (χ1n) is 5.82. The van der Waals surface area contributed by atoms with E-state index in [0.717, 1.165) is 28.6 Å². The van der Waals surface area contributed by atoms with Gasteiger partial charge in [-0.15, -0.1) is 0 Å². The highest BCUT2D eigenvalue weighted by atomic mass is 16.4. The predicted molar refractivity (Wildman–Crippen MR) is 68.3 cm³/mol. The number of benzene rings is 1. The predicted octanol–water partition coefficient (Wildman–Crippen LogP) is 3.09. The number of aromatic nitrogens is 1. The third-order valence-corrected chi connectivity index (χ3v) is 3.30. The summed E-state index contributed by atoms with van der Waals surface area (Å²) in [6.07, 6.45) is 0.806. The van der Waals surface area contributed by atoms with Crippen LogP contribution < -0.4 is 0 Å². The van der Waals surface area contributed by atoms with E-state index in [2.05, 4.69) is 4.98 Å². The van der Waals surface area contributed by atoms with Gasteiger partial charge >= 0.3 is 5.97 Å². The van der Waals surface area contributed by atoms with Crippen molar-refractivity contribution in [1.82, 2.24) is 4.98 Å². The molecule has 0 saturated carbocycles. The molecule has 0 aliphatic rings. The van der Waals surface area contributed by atoms with Gasteiger partial charge in [0.05, 0.1) is 5.41 Å². The number of carboxylic acid groups (broad SMARTS) is 1. The average molecular weight is 231 g/mol. The molecule has 0 saturated heterocycles. The fraction of sp³-hybridized carbons (Fsp3) is 0.357. The van der Waals surface area contributed by atoms with Crippen LogP contribution in [0.3, 0.4) is 0 Å². The van der Waals surface area contributed by atoms with Crippen LogP contribution in [-0.4, -0.2) is 16.1 Å². The van der Waals surface area contributed by atoms with E-state index in [1.54, 1.807) is 13.8 Å². The number of aromatic amines is 1. The molecule has 0 fully saturated rings. The van der Waals surface area contributed by atoms with E-state index in [9.17, 15) is 9.90 Å². The van der Waals surface area contributed by atoms with Crippen LogP contribution in [0.4, 0.5) is 0 Å². The summed E-state index contributed by atoms with van der Waals surface area (Å²) in [6.45, 7) is 5.54. The topological polar surface area (TPSA) is 53.1 Å². The SMILES string of the molecule is CCc1[nH]c2ccccc2c1C(C)(C)C(=O)O. The van der Waals surface area contributed by atoms with E-state index in [1.165, 1.54) is 0 Å². The quantitative estimate of drug-likeness (QED) is 0.852. The van der Waals surface area contributed by atoms with E-state index in [4.69, 9.17) is 0 Å². The molecule has 0 aliphatic heterocycles. The summed E-state index contributed by atoms with van der Waals surface area (Å²) in [5.41, 5.74) is 2.06. The molecule has 2 aromatic rings. The summed E-state index contributed by atoms with van der Waals surface area (Å²) in [4.78, 5) is 14.7. The molecule has 1 aromatic carbocycles. The van der Waals surface area contributed by atoms with Gasteiger partial charge in [-0.1, -0.05) is 25.1 Å². The number of aryl methyl sites for hydroxylation is 1. The molecular formula is C14H17NO2. The van der Waals surface area contributed by atoms with Crippen molar-refractivity contribution < 1.29 is 9.90 Å². The summed E-state index contributed by atoms with van der Waals surface area (Å²) < 4.78 is 0. The number of nitrogens with one attached hydrogen (secondary N) is 1. The zero-order chi connectivity index (χ0) is 12.6. The normalized spacial score (nSPS) is 11.9. The molecule has 2 rings (SSSR count).